The fourth-order valence-corrected chi connectivity index (χ4v) is 2.31. The molecule has 0 saturated heterocycles. The van der Waals surface area contributed by atoms with Gasteiger partial charge in [-0.05, 0) is 46.3 Å². The normalized spacial score (nSPS) is 10.5. The van der Waals surface area contributed by atoms with E-state index in [9.17, 15) is 0 Å². The van der Waals surface area contributed by atoms with Gasteiger partial charge < -0.3 is 5.32 Å². The molecule has 0 aliphatic heterocycles. The molecule has 0 bridgehead atoms. The van der Waals surface area contributed by atoms with E-state index in [-0.39, 0.29) is 0 Å². The Kier molecular flexibility index (Phi) is 3.76. The molecule has 1 heterocycles. The quantitative estimate of drug-likeness (QED) is 0.719. The molecule has 0 atom stereocenters. The van der Waals surface area contributed by atoms with Crippen molar-refractivity contribution in [1.82, 2.24) is 9.55 Å². The van der Waals surface area contributed by atoms with Crippen molar-refractivity contribution in [2.75, 3.05) is 5.32 Å². The minimum atomic E-state index is 0.668. The zero-order valence-corrected chi connectivity index (χ0v) is 12.8. The number of imidazole rings is 1. The van der Waals surface area contributed by atoms with Crippen molar-refractivity contribution in [3.63, 3.8) is 0 Å². The van der Waals surface area contributed by atoms with Gasteiger partial charge in [0.05, 0.1) is 10.7 Å². The van der Waals surface area contributed by atoms with E-state index < -0.39 is 0 Å². The van der Waals surface area contributed by atoms with Gasteiger partial charge in [-0.15, -0.1) is 0 Å². The van der Waals surface area contributed by atoms with Crippen LogP contribution in [0.3, 0.4) is 0 Å². The van der Waals surface area contributed by atoms with Crippen LogP contribution in [0, 0.1) is 0 Å². The second-order valence-electron chi connectivity index (χ2n) is 4.21. The summed E-state index contributed by atoms with van der Waals surface area (Å²) in [5, 5.41) is 3.95. The van der Waals surface area contributed by atoms with E-state index in [2.05, 4.69) is 26.2 Å². The minimum absolute atomic E-state index is 0.668. The molecule has 20 heavy (non-hydrogen) atoms. The van der Waals surface area contributed by atoms with E-state index in [1.54, 1.807) is 6.20 Å². The van der Waals surface area contributed by atoms with Gasteiger partial charge in [0, 0.05) is 22.6 Å². The van der Waals surface area contributed by atoms with Crippen molar-refractivity contribution in [2.24, 2.45) is 0 Å². The van der Waals surface area contributed by atoms with Gasteiger partial charge in [0.25, 0.3) is 0 Å². The van der Waals surface area contributed by atoms with Crippen LogP contribution in [0.5, 0.6) is 0 Å². The molecule has 0 fully saturated rings. The fraction of sp³-hybridized carbons (Fsp3) is 0. The number of aromatic nitrogens is 2. The minimum Gasteiger partial charge on any atom is -0.325 e. The summed E-state index contributed by atoms with van der Waals surface area (Å²) >= 11 is 9.53. The first kappa shape index (κ1) is 13.2. The van der Waals surface area contributed by atoms with Crippen molar-refractivity contribution in [1.29, 1.82) is 0 Å². The highest BCUT2D eigenvalue weighted by molar-refractivity contribution is 9.10. The summed E-state index contributed by atoms with van der Waals surface area (Å²) < 4.78 is 2.83. The Morgan fingerprint density at radius 2 is 1.90 bits per heavy atom. The first-order valence-corrected chi connectivity index (χ1v) is 7.22. The maximum absolute atomic E-state index is 6.14. The molecule has 3 rings (SSSR count). The van der Waals surface area contributed by atoms with Gasteiger partial charge in [-0.2, -0.15) is 0 Å². The van der Waals surface area contributed by atoms with Gasteiger partial charge >= 0.3 is 0 Å². The van der Waals surface area contributed by atoms with Gasteiger partial charge in [0.15, 0.2) is 0 Å². The fourth-order valence-electron chi connectivity index (χ4n) is 1.89. The standard InChI is InChI=1S/C15H11BrClN3/c16-13-7-6-12(10-14(13)17)20-9-8-18-15(20)19-11-4-2-1-3-5-11/h1-10H,(H,18,19). The zero-order valence-electron chi connectivity index (χ0n) is 10.4. The Morgan fingerprint density at radius 3 is 2.65 bits per heavy atom. The summed E-state index contributed by atoms with van der Waals surface area (Å²) in [5.74, 6) is 0.745. The third-order valence-electron chi connectivity index (χ3n) is 2.85. The number of nitrogens with one attached hydrogen (secondary N) is 1. The van der Waals surface area contributed by atoms with E-state index in [0.29, 0.717) is 5.02 Å². The number of hydrogen-bond acceptors (Lipinski definition) is 2. The lowest BCUT2D eigenvalue weighted by molar-refractivity contribution is 1.06. The third kappa shape index (κ3) is 2.71. The van der Waals surface area contributed by atoms with Crippen LogP contribution in [0.25, 0.3) is 5.69 Å². The highest BCUT2D eigenvalue weighted by atomic mass is 79.9. The van der Waals surface area contributed by atoms with Gasteiger partial charge in [0.2, 0.25) is 5.95 Å². The number of halogens is 2. The molecule has 0 radical (unpaired) electrons. The Balaban J connectivity index is 1.95. The number of hydrogen-bond donors (Lipinski definition) is 1. The lowest BCUT2D eigenvalue weighted by Gasteiger charge is -2.10. The van der Waals surface area contributed by atoms with E-state index >= 15 is 0 Å². The molecule has 0 amide bonds. The van der Waals surface area contributed by atoms with Crippen LogP contribution in [0.2, 0.25) is 5.02 Å². The number of anilines is 2. The largest absolute Gasteiger partial charge is 0.325 e. The van der Waals surface area contributed by atoms with Crippen LogP contribution in [0.15, 0.2) is 65.4 Å². The summed E-state index contributed by atoms with van der Waals surface area (Å²) in [6.07, 6.45) is 3.64. The maximum atomic E-state index is 6.14. The molecule has 3 nitrogen and oxygen atoms in total. The summed E-state index contributed by atoms with van der Waals surface area (Å²) in [6, 6.07) is 15.7. The van der Waals surface area contributed by atoms with Crippen molar-refractivity contribution in [3.05, 3.63) is 70.4 Å². The molecule has 0 unspecified atom stereocenters. The summed E-state index contributed by atoms with van der Waals surface area (Å²) in [7, 11) is 0. The van der Waals surface area contributed by atoms with Crippen LogP contribution in [-0.4, -0.2) is 9.55 Å². The predicted octanol–water partition coefficient (Wildman–Crippen LogP) is 5.03. The first-order chi connectivity index (χ1) is 9.74. The van der Waals surface area contributed by atoms with Crippen LogP contribution >= 0.6 is 27.5 Å². The second kappa shape index (κ2) is 5.69. The lowest BCUT2D eigenvalue weighted by atomic mass is 10.3. The highest BCUT2D eigenvalue weighted by Crippen LogP contribution is 2.26. The first-order valence-electron chi connectivity index (χ1n) is 6.05. The highest BCUT2D eigenvalue weighted by Gasteiger charge is 2.07. The molecule has 100 valence electrons. The number of rotatable bonds is 3. The summed E-state index contributed by atoms with van der Waals surface area (Å²) in [6.45, 7) is 0. The summed E-state index contributed by atoms with van der Waals surface area (Å²) in [5.41, 5.74) is 1.94. The monoisotopic (exact) mass is 347 g/mol. The van der Waals surface area contributed by atoms with E-state index in [4.69, 9.17) is 11.6 Å². The molecule has 0 aliphatic rings. The third-order valence-corrected chi connectivity index (χ3v) is 4.08. The molecule has 2 aromatic carbocycles. The molecular weight excluding hydrogens is 338 g/mol. The van der Waals surface area contributed by atoms with Gasteiger partial charge in [-0.25, -0.2) is 4.98 Å². The zero-order chi connectivity index (χ0) is 13.9. The number of nitrogens with zero attached hydrogens (tertiary/aromatic N) is 2. The predicted molar refractivity (Wildman–Crippen MR) is 86.0 cm³/mol. The van der Waals surface area contributed by atoms with Crippen molar-refractivity contribution >= 4 is 39.2 Å². The molecule has 0 saturated carbocycles. The molecule has 5 heteroatoms. The summed E-state index contributed by atoms with van der Waals surface area (Å²) in [4.78, 5) is 4.34. The van der Waals surface area contributed by atoms with Crippen LogP contribution in [0.4, 0.5) is 11.6 Å². The molecular formula is C15H11BrClN3. The van der Waals surface area contributed by atoms with E-state index in [1.165, 1.54) is 0 Å². The van der Waals surface area contributed by atoms with Crippen LogP contribution in [-0.2, 0) is 0 Å². The van der Waals surface area contributed by atoms with E-state index in [1.807, 2.05) is 59.3 Å². The van der Waals surface area contributed by atoms with Crippen LogP contribution in [0.1, 0.15) is 0 Å². The Hall–Kier alpha value is -1.78. The SMILES string of the molecule is Clc1cc(-n2ccnc2Nc2ccccc2)ccc1Br. The smallest absolute Gasteiger partial charge is 0.212 e. The van der Waals surface area contributed by atoms with Crippen molar-refractivity contribution in [2.45, 2.75) is 0 Å². The molecule has 0 spiro atoms. The molecule has 1 aromatic heterocycles. The van der Waals surface area contributed by atoms with Crippen molar-refractivity contribution < 1.29 is 0 Å². The van der Waals surface area contributed by atoms with Crippen molar-refractivity contribution in [3.8, 4) is 5.69 Å². The molecule has 0 aliphatic carbocycles. The number of benzene rings is 2. The average molecular weight is 349 g/mol. The lowest BCUT2D eigenvalue weighted by Crippen LogP contribution is -2.01. The average Bonchev–Trinajstić information content (AvgIpc) is 2.91. The van der Waals surface area contributed by atoms with Crippen LogP contribution < -0.4 is 5.32 Å². The maximum Gasteiger partial charge on any atom is 0.212 e. The molecule has 1 N–H and O–H groups in total. The second-order valence-corrected chi connectivity index (χ2v) is 5.47. The van der Waals surface area contributed by atoms with Gasteiger partial charge in [-0.3, -0.25) is 4.57 Å². The van der Waals surface area contributed by atoms with E-state index in [0.717, 1.165) is 21.8 Å². The van der Waals surface area contributed by atoms with Gasteiger partial charge in [0.1, 0.15) is 0 Å². The topological polar surface area (TPSA) is 29.9 Å². The Bertz CT molecular complexity index is 725. The Morgan fingerprint density at radius 1 is 1.10 bits per heavy atom. The number of para-hydroxylation sites is 1. The van der Waals surface area contributed by atoms with Gasteiger partial charge in [-0.1, -0.05) is 29.8 Å². The Labute approximate surface area is 130 Å². The molecule has 3 aromatic rings.